The second-order valence-corrected chi connectivity index (χ2v) is 26.5. The first-order valence-corrected chi connectivity index (χ1v) is 31.9. The molecule has 0 atom stereocenters. The number of aromatic nitrogens is 1. The van der Waals surface area contributed by atoms with Gasteiger partial charge in [-0.3, -0.25) is 0 Å². The van der Waals surface area contributed by atoms with Crippen LogP contribution >= 0.6 is 0 Å². The summed E-state index contributed by atoms with van der Waals surface area (Å²) < 4.78 is 2.40. The number of anilines is 9. The van der Waals surface area contributed by atoms with Gasteiger partial charge in [0.1, 0.15) is 0 Å². The van der Waals surface area contributed by atoms with E-state index in [1.165, 1.54) is 94.1 Å². The summed E-state index contributed by atoms with van der Waals surface area (Å²) in [7, 11) is 0. The van der Waals surface area contributed by atoms with Gasteiger partial charge in [0.15, 0.2) is 0 Å². The molecule has 2 aliphatic rings. The van der Waals surface area contributed by atoms with Crippen molar-refractivity contribution in [1.82, 2.24) is 4.57 Å². The molecule has 0 fully saturated rings. The zero-order valence-electron chi connectivity index (χ0n) is 52.3. The molecule has 0 spiro atoms. The Kier molecular flexibility index (Phi) is 13.4. The molecule has 5 heteroatoms. The molecule has 13 aromatic carbocycles. The Bertz CT molecular complexity index is 4950. The Hall–Kier alpha value is -10.9. The van der Waals surface area contributed by atoms with E-state index in [9.17, 15) is 0 Å². The molecular weight excluding hydrogens is 1100 g/mol. The number of fused-ring (bicyclic) bond motifs is 7. The summed E-state index contributed by atoms with van der Waals surface area (Å²) in [5.41, 5.74) is 28.9. The first-order chi connectivity index (χ1) is 44.4. The fourth-order valence-corrected chi connectivity index (χ4v) is 14.4. The van der Waals surface area contributed by atoms with Crippen LogP contribution in [-0.4, -0.2) is 11.3 Å². The van der Waals surface area contributed by atoms with Crippen molar-refractivity contribution in [1.29, 1.82) is 0 Å². The van der Waals surface area contributed by atoms with Crippen molar-refractivity contribution >= 4 is 96.1 Å². The molecule has 0 aliphatic carbocycles. The van der Waals surface area contributed by atoms with Crippen LogP contribution < -0.4 is 31.1 Å². The van der Waals surface area contributed by atoms with Crippen molar-refractivity contribution < 1.29 is 0 Å². The molecule has 0 radical (unpaired) electrons. The second kappa shape index (κ2) is 22.0. The molecule has 0 unspecified atom stereocenters. The Morgan fingerprint density at radius 2 is 0.725 bits per heavy atom. The summed E-state index contributed by atoms with van der Waals surface area (Å²) >= 11 is 0. The minimum absolute atomic E-state index is 0.148. The summed E-state index contributed by atoms with van der Waals surface area (Å²) in [6.45, 7) is 14.0. The molecule has 436 valence electrons. The van der Waals surface area contributed by atoms with E-state index in [4.69, 9.17) is 0 Å². The molecule has 14 aromatic rings. The predicted molar refractivity (Wildman–Crippen MR) is 389 cm³/mol. The Balaban J connectivity index is 0.993. The highest BCUT2D eigenvalue weighted by Gasteiger charge is 2.46. The van der Waals surface area contributed by atoms with E-state index in [1.54, 1.807) is 0 Å². The van der Waals surface area contributed by atoms with Gasteiger partial charge in [-0.05, 0) is 163 Å². The van der Waals surface area contributed by atoms with Gasteiger partial charge in [0, 0.05) is 73.0 Å². The summed E-state index contributed by atoms with van der Waals surface area (Å²) in [6.07, 6.45) is 0. The average molecular weight is 1170 g/mol. The van der Waals surface area contributed by atoms with Gasteiger partial charge in [-0.2, -0.15) is 0 Å². The SMILES string of the molecule is CC(C)(C)c1cc(-c2ccccc2)c(N2c3cc(-c4ccccc4)ccc3B3c4ccc(N(c5ccccc5)c5ccc(-n6c7ccccc7c7ccccc76)cc5)cc4N(c4ccccc4-c4ccccc4)c4cc(C(C)(C)C)cc2c43)c(-c2ccccc2)c1. The first-order valence-electron chi connectivity index (χ1n) is 31.9. The zero-order chi connectivity index (χ0) is 61.5. The molecule has 4 nitrogen and oxygen atoms in total. The number of hydrogen-bond acceptors (Lipinski definition) is 3. The van der Waals surface area contributed by atoms with Crippen LogP contribution in [0.3, 0.4) is 0 Å². The van der Waals surface area contributed by atoms with Crippen molar-refractivity contribution in [2.75, 3.05) is 14.7 Å². The van der Waals surface area contributed by atoms with E-state index >= 15 is 0 Å². The normalized spacial score (nSPS) is 12.7. The molecule has 0 amide bonds. The fourth-order valence-electron chi connectivity index (χ4n) is 14.4. The van der Waals surface area contributed by atoms with Gasteiger partial charge in [-0.25, -0.2) is 0 Å². The van der Waals surface area contributed by atoms with E-state index in [0.29, 0.717) is 0 Å². The third-order valence-corrected chi connectivity index (χ3v) is 18.8. The van der Waals surface area contributed by atoms with Gasteiger partial charge in [0.05, 0.1) is 22.4 Å². The third kappa shape index (κ3) is 9.54. The Morgan fingerprint density at radius 1 is 0.297 bits per heavy atom. The number of para-hydroxylation sites is 4. The molecule has 2 aliphatic heterocycles. The number of hydrogen-bond donors (Lipinski definition) is 0. The molecule has 0 saturated carbocycles. The van der Waals surface area contributed by atoms with Crippen LogP contribution in [0, 0.1) is 0 Å². The second-order valence-electron chi connectivity index (χ2n) is 26.5. The van der Waals surface area contributed by atoms with E-state index in [-0.39, 0.29) is 17.5 Å². The van der Waals surface area contributed by atoms with Crippen LogP contribution in [0.25, 0.3) is 72.0 Å². The molecule has 91 heavy (non-hydrogen) atoms. The van der Waals surface area contributed by atoms with Gasteiger partial charge >= 0.3 is 0 Å². The van der Waals surface area contributed by atoms with Crippen LogP contribution in [-0.2, 0) is 10.8 Å². The van der Waals surface area contributed by atoms with Crippen LogP contribution in [0.5, 0.6) is 0 Å². The van der Waals surface area contributed by atoms with Crippen molar-refractivity contribution in [2.24, 2.45) is 0 Å². The quantitative estimate of drug-likeness (QED) is 0.127. The maximum atomic E-state index is 2.68. The molecule has 1 aromatic heterocycles. The lowest BCUT2D eigenvalue weighted by atomic mass is 9.33. The number of rotatable bonds is 10. The summed E-state index contributed by atoms with van der Waals surface area (Å²) in [5.74, 6) is 0. The Labute approximate surface area is 535 Å². The summed E-state index contributed by atoms with van der Waals surface area (Å²) in [4.78, 5) is 7.74. The third-order valence-electron chi connectivity index (χ3n) is 18.8. The number of nitrogens with zero attached hydrogens (tertiary/aromatic N) is 4. The van der Waals surface area contributed by atoms with Crippen molar-refractivity contribution in [3.63, 3.8) is 0 Å². The highest BCUT2D eigenvalue weighted by Crippen LogP contribution is 2.54. The summed E-state index contributed by atoms with van der Waals surface area (Å²) in [6, 6.07) is 115. The topological polar surface area (TPSA) is 14.7 Å². The minimum Gasteiger partial charge on any atom is -0.311 e. The largest absolute Gasteiger partial charge is 0.311 e. The van der Waals surface area contributed by atoms with Crippen LogP contribution in [0.2, 0.25) is 0 Å². The molecule has 0 N–H and O–H groups in total. The van der Waals surface area contributed by atoms with E-state index in [1.807, 2.05) is 0 Å². The van der Waals surface area contributed by atoms with Crippen LogP contribution in [0.1, 0.15) is 52.7 Å². The monoisotopic (exact) mass is 1170 g/mol. The molecule has 0 bridgehead atoms. The smallest absolute Gasteiger partial charge is 0.252 e. The summed E-state index contributed by atoms with van der Waals surface area (Å²) in [5, 5.41) is 2.50. The molecule has 0 saturated heterocycles. The number of benzene rings is 13. The average Bonchev–Trinajstić information content (AvgIpc) is 1.28. The first kappa shape index (κ1) is 55.4. The van der Waals surface area contributed by atoms with Gasteiger partial charge in [-0.15, -0.1) is 0 Å². The van der Waals surface area contributed by atoms with Crippen molar-refractivity contribution in [2.45, 2.75) is 52.4 Å². The molecule has 3 heterocycles. The highest BCUT2D eigenvalue weighted by molar-refractivity contribution is 7.00. The minimum atomic E-state index is -0.262. The van der Waals surface area contributed by atoms with Gasteiger partial charge in [-0.1, -0.05) is 254 Å². The standard InChI is InChI=1S/C86H69BN4/c1-85(2,3)63-53-72(60-32-16-9-17-33-60)84(73(54-63)61-34-18-10-19-35-61)91-79-52-62(58-28-12-7-13-29-58)44-50-74(79)87-75-51-49-68(57-80(75)90(81-55-64(86(4,5)6)56-82(91)83(81)87)76-41-25-22-38-69(76)59-30-14-8-15-31-59)88(65-36-20-11-21-37-65)66-45-47-67(48-46-66)89-77-42-26-23-39-70(77)71-40-24-27-43-78(71)89/h7-57H,1-6H3. The lowest BCUT2D eigenvalue weighted by Crippen LogP contribution is -2.61. The van der Waals surface area contributed by atoms with E-state index in [2.05, 4.69) is 370 Å². The highest BCUT2D eigenvalue weighted by atomic mass is 15.2. The van der Waals surface area contributed by atoms with Gasteiger partial charge in [0.25, 0.3) is 6.71 Å². The van der Waals surface area contributed by atoms with E-state index < -0.39 is 0 Å². The van der Waals surface area contributed by atoms with Gasteiger partial charge < -0.3 is 19.3 Å². The predicted octanol–water partition coefficient (Wildman–Crippen LogP) is 21.6. The molecule has 16 rings (SSSR count). The fraction of sp³-hybridized carbons (Fsp3) is 0.0930. The zero-order valence-corrected chi connectivity index (χ0v) is 52.3. The Morgan fingerprint density at radius 3 is 1.29 bits per heavy atom. The maximum absolute atomic E-state index is 2.68. The molecular formula is C86H69BN4. The maximum Gasteiger partial charge on any atom is 0.252 e. The van der Waals surface area contributed by atoms with Crippen molar-refractivity contribution in [3.8, 4) is 50.2 Å². The lowest BCUT2D eigenvalue weighted by Gasteiger charge is -2.46. The van der Waals surface area contributed by atoms with E-state index in [0.717, 1.165) is 56.6 Å². The van der Waals surface area contributed by atoms with Crippen LogP contribution in [0.4, 0.5) is 51.2 Å². The lowest BCUT2D eigenvalue weighted by molar-refractivity contribution is 0.590. The van der Waals surface area contributed by atoms with Crippen molar-refractivity contribution in [3.05, 3.63) is 321 Å². The van der Waals surface area contributed by atoms with Crippen LogP contribution in [0.15, 0.2) is 309 Å². The van der Waals surface area contributed by atoms with Gasteiger partial charge in [0.2, 0.25) is 0 Å².